The van der Waals surface area contributed by atoms with Gasteiger partial charge in [0.15, 0.2) is 18.2 Å². The normalized spacial score (nSPS) is 10.3. The van der Waals surface area contributed by atoms with Gasteiger partial charge in [-0.3, -0.25) is 20.4 Å². The third kappa shape index (κ3) is 6.03. The molecule has 2 rings (SSSR count). The third-order valence-electron chi connectivity index (χ3n) is 3.38. The van der Waals surface area contributed by atoms with Crippen molar-refractivity contribution in [3.63, 3.8) is 0 Å². The maximum Gasteiger partial charge on any atom is 0.276 e. The molecule has 0 aliphatic carbocycles. The molecule has 8 heteroatoms. The molecule has 0 heterocycles. The van der Waals surface area contributed by atoms with Gasteiger partial charge in [0.05, 0.1) is 14.2 Å². The Balaban J connectivity index is 1.82. The number of halogens is 1. The number of rotatable bonds is 7. The molecular formula is C19H19FN2O5. The molecule has 2 aromatic carbocycles. The molecule has 2 N–H and O–H groups in total. The summed E-state index contributed by atoms with van der Waals surface area (Å²) < 4.78 is 28.7. The van der Waals surface area contributed by atoms with E-state index < -0.39 is 24.2 Å². The van der Waals surface area contributed by atoms with E-state index in [0.29, 0.717) is 17.1 Å². The van der Waals surface area contributed by atoms with Crippen molar-refractivity contribution >= 4 is 17.9 Å². The summed E-state index contributed by atoms with van der Waals surface area (Å²) in [5.41, 5.74) is 5.02. The molecule has 0 aliphatic rings. The van der Waals surface area contributed by atoms with Crippen LogP contribution in [0.4, 0.5) is 4.39 Å². The van der Waals surface area contributed by atoms with Crippen LogP contribution in [0.1, 0.15) is 5.56 Å². The van der Waals surface area contributed by atoms with Gasteiger partial charge in [0.25, 0.3) is 11.8 Å². The van der Waals surface area contributed by atoms with Crippen molar-refractivity contribution in [2.45, 2.75) is 0 Å². The first kappa shape index (κ1) is 19.8. The highest BCUT2D eigenvalue weighted by Crippen LogP contribution is 2.25. The summed E-state index contributed by atoms with van der Waals surface area (Å²) in [5.74, 6) is -0.679. The Hall–Kier alpha value is -3.55. The van der Waals surface area contributed by atoms with Gasteiger partial charge >= 0.3 is 0 Å². The summed E-state index contributed by atoms with van der Waals surface area (Å²) >= 11 is 0. The highest BCUT2D eigenvalue weighted by atomic mass is 19.1. The molecular weight excluding hydrogens is 355 g/mol. The van der Waals surface area contributed by atoms with Crippen LogP contribution in [-0.2, 0) is 9.59 Å². The van der Waals surface area contributed by atoms with E-state index in [1.54, 1.807) is 24.3 Å². The minimum absolute atomic E-state index is 0.0505. The van der Waals surface area contributed by atoms with Gasteiger partial charge in [-0.05, 0) is 30.3 Å². The van der Waals surface area contributed by atoms with Gasteiger partial charge in [-0.2, -0.15) is 0 Å². The number of carbonyl (C=O) groups excluding carboxylic acids is 2. The molecule has 2 aromatic rings. The van der Waals surface area contributed by atoms with Gasteiger partial charge < -0.3 is 14.2 Å². The number of para-hydroxylation sites is 1. The lowest BCUT2D eigenvalue weighted by molar-refractivity contribution is -0.128. The van der Waals surface area contributed by atoms with Crippen LogP contribution in [0.15, 0.2) is 48.5 Å². The predicted molar refractivity (Wildman–Crippen MR) is 96.8 cm³/mol. The summed E-state index contributed by atoms with van der Waals surface area (Å²) in [6.07, 6.45) is 2.75. The Morgan fingerprint density at radius 1 is 1.04 bits per heavy atom. The standard InChI is InChI=1S/C19H19FN2O5/c1-25-14-9-7-13(17(11-14)26-2)8-10-18(23)21-22-19(24)12-27-16-6-4-3-5-15(16)20/h3-11H,12H2,1-2H3,(H,21,23)(H,22,24)/b10-8+. The highest BCUT2D eigenvalue weighted by molar-refractivity contribution is 5.93. The Morgan fingerprint density at radius 3 is 2.52 bits per heavy atom. The Bertz CT molecular complexity index is 839. The van der Waals surface area contributed by atoms with E-state index in [2.05, 4.69) is 10.9 Å². The smallest absolute Gasteiger partial charge is 0.276 e. The van der Waals surface area contributed by atoms with E-state index in [1.807, 2.05) is 0 Å². The second-order valence-electron chi connectivity index (χ2n) is 5.20. The topological polar surface area (TPSA) is 85.9 Å². The molecule has 0 radical (unpaired) electrons. The molecule has 0 unspecified atom stereocenters. The summed E-state index contributed by atoms with van der Waals surface area (Å²) in [7, 11) is 3.04. The summed E-state index contributed by atoms with van der Waals surface area (Å²) in [5, 5.41) is 0. The molecule has 0 fully saturated rings. The molecule has 0 saturated carbocycles. The number of nitrogens with one attached hydrogen (secondary N) is 2. The number of hydrazine groups is 1. The fourth-order valence-electron chi connectivity index (χ4n) is 2.04. The average molecular weight is 374 g/mol. The quantitative estimate of drug-likeness (QED) is 0.573. The van der Waals surface area contributed by atoms with Crippen LogP contribution in [0.2, 0.25) is 0 Å². The molecule has 2 amide bonds. The van der Waals surface area contributed by atoms with Crippen LogP contribution in [0.25, 0.3) is 6.08 Å². The van der Waals surface area contributed by atoms with E-state index in [0.717, 1.165) is 0 Å². The average Bonchev–Trinajstić information content (AvgIpc) is 2.69. The minimum Gasteiger partial charge on any atom is -0.497 e. The van der Waals surface area contributed by atoms with Crippen molar-refractivity contribution in [1.29, 1.82) is 0 Å². The SMILES string of the molecule is COc1ccc(/C=C/C(=O)NNC(=O)COc2ccccc2F)c(OC)c1. The number of ether oxygens (including phenoxy) is 3. The second kappa shape index (κ2) is 9.81. The molecule has 0 aliphatic heterocycles. The molecule has 0 saturated heterocycles. The zero-order chi connectivity index (χ0) is 19.6. The number of benzene rings is 2. The fraction of sp³-hybridized carbons (Fsp3) is 0.158. The second-order valence-corrected chi connectivity index (χ2v) is 5.20. The Kier molecular flexibility index (Phi) is 7.18. The van der Waals surface area contributed by atoms with Gasteiger partial charge in [-0.25, -0.2) is 4.39 Å². The Labute approximate surface area is 155 Å². The zero-order valence-corrected chi connectivity index (χ0v) is 14.8. The number of carbonyl (C=O) groups is 2. The summed E-state index contributed by atoms with van der Waals surface area (Å²) in [6, 6.07) is 10.8. The molecule has 142 valence electrons. The lowest BCUT2D eigenvalue weighted by Gasteiger charge is -2.08. The number of methoxy groups -OCH3 is 2. The molecule has 0 aromatic heterocycles. The monoisotopic (exact) mass is 374 g/mol. The van der Waals surface area contributed by atoms with E-state index in [9.17, 15) is 14.0 Å². The van der Waals surface area contributed by atoms with Crippen molar-refractivity contribution in [2.75, 3.05) is 20.8 Å². The maximum absolute atomic E-state index is 13.4. The van der Waals surface area contributed by atoms with E-state index >= 15 is 0 Å². The van der Waals surface area contributed by atoms with Gasteiger partial charge in [0.2, 0.25) is 0 Å². The van der Waals surface area contributed by atoms with Crippen LogP contribution in [0, 0.1) is 5.82 Å². The van der Waals surface area contributed by atoms with Crippen LogP contribution in [-0.4, -0.2) is 32.6 Å². The number of amides is 2. The maximum atomic E-state index is 13.4. The molecule has 0 spiro atoms. The minimum atomic E-state index is -0.637. The van der Waals surface area contributed by atoms with Crippen LogP contribution in [0.5, 0.6) is 17.2 Å². The van der Waals surface area contributed by atoms with Crippen molar-refractivity contribution in [2.24, 2.45) is 0 Å². The number of hydrogen-bond donors (Lipinski definition) is 2. The molecule has 7 nitrogen and oxygen atoms in total. The van der Waals surface area contributed by atoms with Gasteiger partial charge in [-0.1, -0.05) is 12.1 Å². The van der Waals surface area contributed by atoms with Crippen molar-refractivity contribution in [1.82, 2.24) is 10.9 Å². The summed E-state index contributed by atoms with van der Waals surface area (Å²) in [6.45, 7) is -0.447. The summed E-state index contributed by atoms with van der Waals surface area (Å²) in [4.78, 5) is 23.4. The first-order valence-corrected chi connectivity index (χ1v) is 7.89. The highest BCUT2D eigenvalue weighted by Gasteiger charge is 2.07. The predicted octanol–water partition coefficient (Wildman–Crippen LogP) is 2.08. The van der Waals surface area contributed by atoms with Crippen LogP contribution in [0.3, 0.4) is 0 Å². The van der Waals surface area contributed by atoms with Crippen molar-refractivity contribution in [3.8, 4) is 17.2 Å². The first-order chi connectivity index (χ1) is 13.0. The third-order valence-corrected chi connectivity index (χ3v) is 3.38. The fourth-order valence-corrected chi connectivity index (χ4v) is 2.04. The van der Waals surface area contributed by atoms with Crippen LogP contribution >= 0.6 is 0 Å². The van der Waals surface area contributed by atoms with Gasteiger partial charge in [0.1, 0.15) is 11.5 Å². The zero-order valence-electron chi connectivity index (χ0n) is 14.8. The lowest BCUT2D eigenvalue weighted by Crippen LogP contribution is -2.43. The first-order valence-electron chi connectivity index (χ1n) is 7.89. The molecule has 0 atom stereocenters. The Morgan fingerprint density at radius 2 is 1.81 bits per heavy atom. The van der Waals surface area contributed by atoms with Crippen molar-refractivity contribution < 1.29 is 28.2 Å². The van der Waals surface area contributed by atoms with Gasteiger partial charge in [-0.15, -0.1) is 0 Å². The lowest BCUT2D eigenvalue weighted by atomic mass is 10.1. The van der Waals surface area contributed by atoms with Crippen molar-refractivity contribution in [3.05, 3.63) is 59.9 Å². The van der Waals surface area contributed by atoms with E-state index in [1.165, 1.54) is 44.6 Å². The largest absolute Gasteiger partial charge is 0.497 e. The molecule has 0 bridgehead atoms. The number of hydrogen-bond acceptors (Lipinski definition) is 5. The van der Waals surface area contributed by atoms with E-state index in [4.69, 9.17) is 14.2 Å². The molecule has 27 heavy (non-hydrogen) atoms. The van der Waals surface area contributed by atoms with Crippen LogP contribution < -0.4 is 25.1 Å². The van der Waals surface area contributed by atoms with Gasteiger partial charge in [0, 0.05) is 17.7 Å². The van der Waals surface area contributed by atoms with E-state index in [-0.39, 0.29) is 5.75 Å².